The summed E-state index contributed by atoms with van der Waals surface area (Å²) < 4.78 is 0. The molecular formula is C18H34N2O. The topological polar surface area (TPSA) is 32.3 Å². The van der Waals surface area contributed by atoms with Crippen molar-refractivity contribution in [3.05, 3.63) is 0 Å². The second kappa shape index (κ2) is 7.62. The molecule has 3 heteroatoms. The molecule has 1 N–H and O–H groups in total. The maximum absolute atomic E-state index is 13.4. The minimum atomic E-state index is -0.0335. The standard InChI is InChI=1S/C18H34N2O/c1-4-13-20(16-7-11-19-12-8-16)17(21)18(14-15(2)3)9-5-6-10-18/h15-16,19H,4-14H2,1-3H3. The van der Waals surface area contributed by atoms with Gasteiger partial charge in [0, 0.05) is 18.0 Å². The lowest BCUT2D eigenvalue weighted by Crippen LogP contribution is -2.51. The second-order valence-electron chi connectivity index (χ2n) is 7.57. The van der Waals surface area contributed by atoms with Crippen molar-refractivity contribution in [2.24, 2.45) is 11.3 Å². The molecule has 3 nitrogen and oxygen atoms in total. The molecule has 1 aliphatic heterocycles. The van der Waals surface area contributed by atoms with Gasteiger partial charge >= 0.3 is 0 Å². The van der Waals surface area contributed by atoms with Crippen LogP contribution in [0.1, 0.15) is 72.1 Å². The van der Waals surface area contributed by atoms with E-state index in [0.717, 1.165) is 58.2 Å². The number of nitrogens with one attached hydrogen (secondary N) is 1. The zero-order chi connectivity index (χ0) is 15.3. The highest BCUT2D eigenvalue weighted by Crippen LogP contribution is 2.45. The van der Waals surface area contributed by atoms with Gasteiger partial charge in [0.1, 0.15) is 0 Å². The van der Waals surface area contributed by atoms with Gasteiger partial charge in [-0.2, -0.15) is 0 Å². The summed E-state index contributed by atoms with van der Waals surface area (Å²) in [7, 11) is 0. The number of amides is 1. The van der Waals surface area contributed by atoms with Crippen molar-refractivity contribution in [3.8, 4) is 0 Å². The average molecular weight is 294 g/mol. The van der Waals surface area contributed by atoms with Crippen LogP contribution in [0.25, 0.3) is 0 Å². The van der Waals surface area contributed by atoms with Gasteiger partial charge < -0.3 is 10.2 Å². The molecule has 0 bridgehead atoms. The molecule has 0 spiro atoms. The number of piperidine rings is 1. The molecule has 0 aromatic heterocycles. The van der Waals surface area contributed by atoms with Gasteiger partial charge in [-0.25, -0.2) is 0 Å². The van der Waals surface area contributed by atoms with E-state index in [9.17, 15) is 4.79 Å². The fourth-order valence-electron chi connectivity index (χ4n) is 4.45. The van der Waals surface area contributed by atoms with E-state index in [1.54, 1.807) is 0 Å². The van der Waals surface area contributed by atoms with E-state index in [0.29, 0.717) is 17.9 Å². The van der Waals surface area contributed by atoms with Gasteiger partial charge in [0.25, 0.3) is 0 Å². The largest absolute Gasteiger partial charge is 0.339 e. The van der Waals surface area contributed by atoms with Crippen LogP contribution in [-0.4, -0.2) is 36.5 Å². The quantitative estimate of drug-likeness (QED) is 0.812. The number of rotatable bonds is 6. The van der Waals surface area contributed by atoms with Crippen molar-refractivity contribution in [2.75, 3.05) is 19.6 Å². The maximum Gasteiger partial charge on any atom is 0.229 e. The van der Waals surface area contributed by atoms with Crippen LogP contribution in [-0.2, 0) is 4.79 Å². The summed E-state index contributed by atoms with van der Waals surface area (Å²) in [5, 5.41) is 3.42. The minimum Gasteiger partial charge on any atom is -0.339 e. The van der Waals surface area contributed by atoms with Crippen LogP contribution >= 0.6 is 0 Å². The van der Waals surface area contributed by atoms with E-state index in [1.807, 2.05) is 0 Å². The second-order valence-corrected chi connectivity index (χ2v) is 7.57. The highest BCUT2D eigenvalue weighted by atomic mass is 16.2. The maximum atomic E-state index is 13.4. The highest BCUT2D eigenvalue weighted by molar-refractivity contribution is 5.83. The third-order valence-corrected chi connectivity index (χ3v) is 5.29. The first-order chi connectivity index (χ1) is 10.1. The van der Waals surface area contributed by atoms with Crippen LogP contribution in [0.15, 0.2) is 0 Å². The predicted octanol–water partition coefficient (Wildman–Crippen LogP) is 3.58. The lowest BCUT2D eigenvalue weighted by atomic mass is 9.76. The van der Waals surface area contributed by atoms with E-state index in [4.69, 9.17) is 0 Å². The van der Waals surface area contributed by atoms with Crippen LogP contribution in [0.3, 0.4) is 0 Å². The van der Waals surface area contributed by atoms with Gasteiger partial charge in [-0.15, -0.1) is 0 Å². The molecule has 0 atom stereocenters. The number of nitrogens with zero attached hydrogens (tertiary/aromatic N) is 1. The molecular weight excluding hydrogens is 260 g/mol. The van der Waals surface area contributed by atoms with Crippen molar-refractivity contribution >= 4 is 5.91 Å². The van der Waals surface area contributed by atoms with Gasteiger partial charge in [0.05, 0.1) is 0 Å². The molecule has 21 heavy (non-hydrogen) atoms. The molecule has 0 unspecified atom stereocenters. The Balaban J connectivity index is 2.14. The van der Waals surface area contributed by atoms with Crippen LogP contribution in [0.4, 0.5) is 0 Å². The first kappa shape index (κ1) is 16.8. The van der Waals surface area contributed by atoms with Crippen molar-refractivity contribution in [2.45, 2.75) is 78.2 Å². The molecule has 1 saturated carbocycles. The number of hydrogen-bond acceptors (Lipinski definition) is 2. The lowest BCUT2D eigenvalue weighted by molar-refractivity contribution is -0.146. The number of carbonyl (C=O) groups is 1. The first-order valence-corrected chi connectivity index (χ1v) is 9.11. The average Bonchev–Trinajstić information content (AvgIpc) is 2.94. The van der Waals surface area contributed by atoms with E-state index >= 15 is 0 Å². The van der Waals surface area contributed by atoms with E-state index in [1.165, 1.54) is 12.8 Å². The summed E-state index contributed by atoms with van der Waals surface area (Å²) in [6, 6.07) is 0.475. The van der Waals surface area contributed by atoms with Crippen molar-refractivity contribution in [1.29, 1.82) is 0 Å². The van der Waals surface area contributed by atoms with Crippen LogP contribution in [0, 0.1) is 11.3 Å². The Morgan fingerprint density at radius 3 is 2.38 bits per heavy atom. The highest BCUT2D eigenvalue weighted by Gasteiger charge is 2.44. The Bertz CT molecular complexity index is 328. The Kier molecular flexibility index (Phi) is 6.09. The fourth-order valence-corrected chi connectivity index (χ4v) is 4.45. The SMILES string of the molecule is CCCN(C(=O)C1(CC(C)C)CCCC1)C1CCNCC1. The summed E-state index contributed by atoms with van der Waals surface area (Å²) in [6.07, 6.45) is 9.14. The Morgan fingerprint density at radius 1 is 1.24 bits per heavy atom. The summed E-state index contributed by atoms with van der Waals surface area (Å²) in [5.41, 5.74) is -0.0335. The van der Waals surface area contributed by atoms with Crippen LogP contribution < -0.4 is 5.32 Å². The normalized spacial score (nSPS) is 22.7. The molecule has 122 valence electrons. The molecule has 0 aromatic rings. The van der Waals surface area contributed by atoms with Gasteiger partial charge in [-0.05, 0) is 57.5 Å². The molecule has 2 aliphatic rings. The Hall–Kier alpha value is -0.570. The summed E-state index contributed by atoms with van der Waals surface area (Å²) >= 11 is 0. The zero-order valence-corrected chi connectivity index (χ0v) is 14.3. The van der Waals surface area contributed by atoms with Gasteiger partial charge in [-0.3, -0.25) is 4.79 Å². The molecule has 1 saturated heterocycles. The van der Waals surface area contributed by atoms with Crippen molar-refractivity contribution < 1.29 is 4.79 Å². The third kappa shape index (κ3) is 4.00. The summed E-state index contributed by atoms with van der Waals surface area (Å²) in [6.45, 7) is 9.81. The number of carbonyl (C=O) groups excluding carboxylic acids is 1. The molecule has 1 aliphatic carbocycles. The van der Waals surface area contributed by atoms with Crippen LogP contribution in [0.5, 0.6) is 0 Å². The molecule has 0 aromatic carbocycles. The van der Waals surface area contributed by atoms with E-state index < -0.39 is 0 Å². The monoisotopic (exact) mass is 294 g/mol. The third-order valence-electron chi connectivity index (χ3n) is 5.29. The fraction of sp³-hybridized carbons (Fsp3) is 0.944. The molecule has 2 fully saturated rings. The number of hydrogen-bond donors (Lipinski definition) is 1. The van der Waals surface area contributed by atoms with Gasteiger partial charge in [0.15, 0.2) is 0 Å². The minimum absolute atomic E-state index is 0.0335. The summed E-state index contributed by atoms with van der Waals surface area (Å²) in [5.74, 6) is 1.10. The Morgan fingerprint density at radius 2 is 1.86 bits per heavy atom. The summed E-state index contributed by atoms with van der Waals surface area (Å²) in [4.78, 5) is 15.7. The predicted molar refractivity (Wildman–Crippen MR) is 88.3 cm³/mol. The van der Waals surface area contributed by atoms with Crippen LogP contribution in [0.2, 0.25) is 0 Å². The molecule has 1 amide bonds. The zero-order valence-electron chi connectivity index (χ0n) is 14.3. The van der Waals surface area contributed by atoms with Gasteiger partial charge in [0.2, 0.25) is 5.91 Å². The Labute approximate surface area is 130 Å². The van der Waals surface area contributed by atoms with E-state index in [-0.39, 0.29) is 5.41 Å². The van der Waals surface area contributed by atoms with E-state index in [2.05, 4.69) is 31.0 Å². The lowest BCUT2D eigenvalue weighted by Gasteiger charge is -2.41. The molecule has 2 rings (SSSR count). The first-order valence-electron chi connectivity index (χ1n) is 9.11. The van der Waals surface area contributed by atoms with Gasteiger partial charge in [-0.1, -0.05) is 33.6 Å². The molecule has 1 heterocycles. The van der Waals surface area contributed by atoms with Crippen molar-refractivity contribution in [1.82, 2.24) is 10.2 Å². The smallest absolute Gasteiger partial charge is 0.229 e. The molecule has 0 radical (unpaired) electrons. The van der Waals surface area contributed by atoms with Crippen molar-refractivity contribution in [3.63, 3.8) is 0 Å².